The van der Waals surface area contributed by atoms with Gasteiger partial charge in [0.15, 0.2) is 0 Å². The molecule has 0 bridgehead atoms. The monoisotopic (exact) mass is 569 g/mol. The zero-order valence-electron chi connectivity index (χ0n) is 23.1. The Morgan fingerprint density at radius 1 is 1.00 bits per heavy atom. The first-order chi connectivity index (χ1) is 20.4. The Bertz CT molecular complexity index is 1620. The summed E-state index contributed by atoms with van der Waals surface area (Å²) in [5, 5.41) is 19.2. The number of esters is 1. The molecule has 0 aliphatic carbocycles. The van der Waals surface area contributed by atoms with Crippen LogP contribution in [0.3, 0.4) is 0 Å². The molecule has 5 heterocycles. The van der Waals surface area contributed by atoms with E-state index in [1.165, 1.54) is 4.90 Å². The molecule has 7 rings (SSSR count). The Hall–Kier alpha value is -4.35. The number of hydrogen-bond acceptors (Lipinski definition) is 8. The minimum atomic E-state index is -1.46. The number of aliphatic hydroxyl groups excluding tert-OH is 1. The van der Waals surface area contributed by atoms with Gasteiger partial charge in [0.25, 0.3) is 5.91 Å². The summed E-state index contributed by atoms with van der Waals surface area (Å²) in [6.07, 6.45) is 7.56. The summed E-state index contributed by atoms with van der Waals surface area (Å²) in [7, 11) is 0. The van der Waals surface area contributed by atoms with E-state index in [0.717, 1.165) is 5.52 Å². The van der Waals surface area contributed by atoms with Gasteiger partial charge >= 0.3 is 5.97 Å². The number of para-hydroxylation sites is 1. The summed E-state index contributed by atoms with van der Waals surface area (Å²) in [6, 6.07) is 14.6. The molecule has 2 saturated heterocycles. The molecule has 2 aromatic carbocycles. The van der Waals surface area contributed by atoms with Crippen molar-refractivity contribution in [3.05, 3.63) is 84.5 Å². The van der Waals surface area contributed by atoms with Gasteiger partial charge in [0.1, 0.15) is 42.0 Å². The van der Waals surface area contributed by atoms with Crippen LogP contribution in [0.1, 0.15) is 24.9 Å². The Labute approximate surface area is 242 Å². The number of aliphatic hydroxyl groups is 1. The van der Waals surface area contributed by atoms with Crippen LogP contribution in [0, 0.1) is 11.8 Å². The molecule has 42 heavy (non-hydrogen) atoms. The van der Waals surface area contributed by atoms with Crippen molar-refractivity contribution in [1.29, 1.82) is 0 Å². The van der Waals surface area contributed by atoms with Crippen LogP contribution in [0.2, 0.25) is 0 Å². The van der Waals surface area contributed by atoms with E-state index >= 15 is 0 Å². The summed E-state index contributed by atoms with van der Waals surface area (Å²) in [5.41, 5.74) is -0.453. The lowest BCUT2D eigenvalue weighted by molar-refractivity contribution is -0.162. The summed E-state index contributed by atoms with van der Waals surface area (Å²) >= 11 is 0. The van der Waals surface area contributed by atoms with Crippen LogP contribution in [-0.4, -0.2) is 84.7 Å². The second kappa shape index (κ2) is 9.88. The van der Waals surface area contributed by atoms with Crippen LogP contribution >= 0.6 is 0 Å². The first-order valence-corrected chi connectivity index (χ1v) is 14.2. The smallest absolute Gasteiger partial charge is 0.313 e. The second-order valence-electron chi connectivity index (χ2n) is 11.2. The molecule has 1 aromatic heterocycles. The zero-order valence-corrected chi connectivity index (χ0v) is 23.1. The highest BCUT2D eigenvalue weighted by atomic mass is 16.6. The minimum absolute atomic E-state index is 0.0825. The molecule has 4 aliphatic rings. The number of carbonyl (C=O) groups excluding carboxylic acids is 3. The summed E-state index contributed by atoms with van der Waals surface area (Å²) in [4.78, 5) is 45.9. The van der Waals surface area contributed by atoms with E-state index in [9.17, 15) is 19.5 Å². The van der Waals surface area contributed by atoms with Crippen LogP contribution in [0.4, 0.5) is 0 Å². The SMILES string of the molecule is CC[C@@]12C=CCOC(=O)[C@@H]1[C@H]1C(=O)N([C@H](CO)c3ccccc3)C3C(=O)N(Cn4nnc5ccccc54)CC=C[C@@]31O2. The number of hydrogen-bond donors (Lipinski definition) is 1. The summed E-state index contributed by atoms with van der Waals surface area (Å²) in [5.74, 6) is -3.32. The van der Waals surface area contributed by atoms with Crippen molar-refractivity contribution >= 4 is 28.8 Å². The molecule has 6 atom stereocenters. The highest BCUT2D eigenvalue weighted by Crippen LogP contribution is 2.59. The Balaban J connectivity index is 1.37. The maximum Gasteiger partial charge on any atom is 0.313 e. The van der Waals surface area contributed by atoms with Gasteiger partial charge in [0.2, 0.25) is 5.91 Å². The zero-order chi connectivity index (χ0) is 29.1. The van der Waals surface area contributed by atoms with E-state index in [-0.39, 0.29) is 25.7 Å². The maximum atomic E-state index is 14.7. The van der Waals surface area contributed by atoms with Crippen LogP contribution in [-0.2, 0) is 30.5 Å². The van der Waals surface area contributed by atoms with E-state index in [2.05, 4.69) is 10.3 Å². The second-order valence-corrected chi connectivity index (χ2v) is 11.2. The third-order valence-corrected chi connectivity index (χ3v) is 9.13. The lowest BCUT2D eigenvalue weighted by Crippen LogP contribution is -2.57. The quantitative estimate of drug-likeness (QED) is 0.353. The van der Waals surface area contributed by atoms with E-state index in [4.69, 9.17) is 9.47 Å². The molecular weight excluding hydrogens is 538 g/mol. The van der Waals surface area contributed by atoms with Gasteiger partial charge in [-0.2, -0.15) is 0 Å². The predicted molar refractivity (Wildman–Crippen MR) is 149 cm³/mol. The first kappa shape index (κ1) is 26.5. The van der Waals surface area contributed by atoms with Gasteiger partial charge in [-0.25, -0.2) is 4.68 Å². The third-order valence-electron chi connectivity index (χ3n) is 9.13. The van der Waals surface area contributed by atoms with E-state index < -0.39 is 53.6 Å². The minimum Gasteiger partial charge on any atom is -0.461 e. The number of likely N-dealkylation sites (tertiary alicyclic amines) is 1. The maximum absolute atomic E-state index is 14.7. The molecule has 2 amide bonds. The van der Waals surface area contributed by atoms with Crippen molar-refractivity contribution in [2.75, 3.05) is 19.8 Å². The van der Waals surface area contributed by atoms with Crippen molar-refractivity contribution < 1.29 is 29.0 Å². The number of benzene rings is 2. The molecular formula is C31H31N5O6. The fraction of sp³-hybridized carbons (Fsp3) is 0.387. The molecule has 1 unspecified atom stereocenters. The van der Waals surface area contributed by atoms with Gasteiger partial charge in [-0.3, -0.25) is 14.4 Å². The molecule has 0 radical (unpaired) electrons. The Morgan fingerprint density at radius 2 is 1.79 bits per heavy atom. The van der Waals surface area contributed by atoms with Crippen molar-refractivity contribution in [3.63, 3.8) is 0 Å². The number of aromatic nitrogens is 3. The Kier molecular flexibility index (Phi) is 6.25. The van der Waals surface area contributed by atoms with Crippen LogP contribution in [0.15, 0.2) is 78.9 Å². The van der Waals surface area contributed by atoms with Crippen molar-refractivity contribution in [2.24, 2.45) is 11.8 Å². The van der Waals surface area contributed by atoms with Crippen LogP contribution in [0.5, 0.6) is 0 Å². The van der Waals surface area contributed by atoms with E-state index in [1.807, 2.05) is 73.7 Å². The molecule has 4 aliphatic heterocycles. The predicted octanol–water partition coefficient (Wildman–Crippen LogP) is 1.99. The average Bonchev–Trinajstić information content (AvgIpc) is 3.55. The topological polar surface area (TPSA) is 127 Å². The highest BCUT2D eigenvalue weighted by molar-refractivity contribution is 5.99. The average molecular weight is 570 g/mol. The largest absolute Gasteiger partial charge is 0.461 e. The van der Waals surface area contributed by atoms with Crippen LogP contribution < -0.4 is 0 Å². The number of carbonyl (C=O) groups is 3. The molecule has 11 heteroatoms. The van der Waals surface area contributed by atoms with Gasteiger partial charge in [-0.15, -0.1) is 5.10 Å². The number of cyclic esters (lactones) is 1. The molecule has 11 nitrogen and oxygen atoms in total. The van der Waals surface area contributed by atoms with E-state index in [1.54, 1.807) is 21.7 Å². The molecule has 1 N–H and O–H groups in total. The van der Waals surface area contributed by atoms with Crippen molar-refractivity contribution in [1.82, 2.24) is 24.8 Å². The first-order valence-electron chi connectivity index (χ1n) is 14.2. The van der Waals surface area contributed by atoms with Crippen molar-refractivity contribution in [3.8, 4) is 0 Å². The lowest BCUT2D eigenvalue weighted by Gasteiger charge is -2.40. The molecule has 2 fully saturated rings. The normalized spacial score (nSPS) is 31.0. The summed E-state index contributed by atoms with van der Waals surface area (Å²) < 4.78 is 14.1. The standard InChI is InChI=1S/C31H31N5O6/c1-2-30-14-9-17-41-29(40)25(30)24-27(38)36(23(18-37)20-10-4-3-5-11-20)26-28(39)34(16-8-15-31(24,26)42-30)19-35-22-13-7-6-12-21(22)32-33-35/h3-15,23-26,37H,2,16-19H2,1H3/t23-,24+,25+,26?,30-,31+/m1/s1. The fourth-order valence-corrected chi connectivity index (χ4v) is 7.26. The third kappa shape index (κ3) is 3.69. The molecule has 216 valence electrons. The molecule has 1 spiro atoms. The Morgan fingerprint density at radius 3 is 2.57 bits per heavy atom. The summed E-state index contributed by atoms with van der Waals surface area (Å²) in [6.45, 7) is 1.87. The van der Waals surface area contributed by atoms with E-state index in [0.29, 0.717) is 17.5 Å². The fourth-order valence-electron chi connectivity index (χ4n) is 7.26. The van der Waals surface area contributed by atoms with Crippen LogP contribution in [0.25, 0.3) is 11.0 Å². The number of nitrogens with zero attached hydrogens (tertiary/aromatic N) is 5. The van der Waals surface area contributed by atoms with Gasteiger partial charge in [-0.1, -0.05) is 72.8 Å². The van der Waals surface area contributed by atoms with Crippen molar-refractivity contribution in [2.45, 2.75) is 43.3 Å². The van der Waals surface area contributed by atoms with Gasteiger partial charge < -0.3 is 24.4 Å². The van der Waals surface area contributed by atoms with Gasteiger partial charge in [0.05, 0.1) is 24.1 Å². The number of amides is 2. The van der Waals surface area contributed by atoms with Gasteiger partial charge in [0, 0.05) is 6.54 Å². The number of rotatable bonds is 6. The number of fused-ring (bicyclic) bond motifs is 3. The lowest BCUT2D eigenvalue weighted by atomic mass is 9.73. The van der Waals surface area contributed by atoms with Gasteiger partial charge in [-0.05, 0) is 30.2 Å². The highest BCUT2D eigenvalue weighted by Gasteiger charge is 2.76. The number of ether oxygens (including phenoxy) is 2. The molecule has 3 aromatic rings. The molecule has 0 saturated carbocycles.